The molecular formula is C10H14N2O2S4. The summed E-state index contributed by atoms with van der Waals surface area (Å²) in [5, 5.41) is 0. The van der Waals surface area contributed by atoms with Gasteiger partial charge < -0.3 is 5.73 Å². The van der Waals surface area contributed by atoms with Gasteiger partial charge in [0.1, 0.15) is 9.20 Å². The van der Waals surface area contributed by atoms with E-state index >= 15 is 0 Å². The topological polar surface area (TPSA) is 63.4 Å². The predicted molar refractivity (Wildman–Crippen MR) is 80.9 cm³/mol. The molecule has 1 aliphatic heterocycles. The van der Waals surface area contributed by atoms with Crippen LogP contribution in [0.3, 0.4) is 0 Å². The second kappa shape index (κ2) is 5.46. The summed E-state index contributed by atoms with van der Waals surface area (Å²) in [6.07, 6.45) is 0.911. The summed E-state index contributed by atoms with van der Waals surface area (Å²) in [4.78, 5) is 0.873. The Morgan fingerprint density at radius 2 is 2.28 bits per heavy atom. The zero-order chi connectivity index (χ0) is 13.3. The Kier molecular flexibility index (Phi) is 4.32. The van der Waals surface area contributed by atoms with Gasteiger partial charge in [0, 0.05) is 18.8 Å². The molecule has 0 spiro atoms. The van der Waals surface area contributed by atoms with Crippen molar-refractivity contribution in [3.8, 4) is 0 Å². The number of thioether (sulfide) groups is 1. The normalized spacial score (nSPS) is 20.4. The fraction of sp³-hybridized carbons (Fsp3) is 0.500. The highest BCUT2D eigenvalue weighted by molar-refractivity contribution is 7.99. The first-order valence-corrected chi connectivity index (χ1v) is 9.20. The van der Waals surface area contributed by atoms with Crippen molar-refractivity contribution in [2.45, 2.75) is 16.7 Å². The Morgan fingerprint density at radius 3 is 2.78 bits per heavy atom. The Balaban J connectivity index is 2.26. The number of thiophene rings is 1. The molecule has 0 bridgehead atoms. The maximum absolute atomic E-state index is 12.4. The van der Waals surface area contributed by atoms with Gasteiger partial charge in [-0.25, -0.2) is 8.42 Å². The number of sulfonamides is 1. The highest BCUT2D eigenvalue weighted by Crippen LogP contribution is 2.29. The van der Waals surface area contributed by atoms with E-state index < -0.39 is 10.0 Å². The molecule has 1 atom stereocenters. The lowest BCUT2D eigenvalue weighted by atomic mass is 10.3. The first kappa shape index (κ1) is 14.3. The third-order valence-electron chi connectivity index (χ3n) is 2.88. The van der Waals surface area contributed by atoms with E-state index in [2.05, 4.69) is 0 Å². The van der Waals surface area contributed by atoms with E-state index in [9.17, 15) is 8.42 Å². The number of hydrogen-bond donors (Lipinski definition) is 1. The quantitative estimate of drug-likeness (QED) is 0.851. The minimum absolute atomic E-state index is 0.0929. The smallest absolute Gasteiger partial charge is 0.252 e. The zero-order valence-electron chi connectivity index (χ0n) is 9.83. The molecule has 2 heterocycles. The summed E-state index contributed by atoms with van der Waals surface area (Å²) in [6, 6.07) is 3.33. The van der Waals surface area contributed by atoms with Gasteiger partial charge in [-0.3, -0.25) is 0 Å². The summed E-state index contributed by atoms with van der Waals surface area (Å²) in [7, 11) is -1.77. The minimum Gasteiger partial charge on any atom is -0.389 e. The molecule has 0 amide bonds. The molecule has 0 aromatic carbocycles. The van der Waals surface area contributed by atoms with Crippen LogP contribution in [-0.2, 0) is 10.0 Å². The molecule has 8 heteroatoms. The first-order chi connectivity index (χ1) is 8.43. The van der Waals surface area contributed by atoms with E-state index in [1.54, 1.807) is 30.9 Å². The van der Waals surface area contributed by atoms with Gasteiger partial charge in [0.05, 0.1) is 4.88 Å². The monoisotopic (exact) mass is 322 g/mol. The molecule has 0 aliphatic carbocycles. The molecule has 1 aromatic heterocycles. The molecule has 4 nitrogen and oxygen atoms in total. The van der Waals surface area contributed by atoms with Crippen molar-refractivity contribution in [3.63, 3.8) is 0 Å². The van der Waals surface area contributed by atoms with Crippen LogP contribution in [0.4, 0.5) is 0 Å². The summed E-state index contributed by atoms with van der Waals surface area (Å²) in [5.41, 5.74) is 5.50. The van der Waals surface area contributed by atoms with Crippen molar-refractivity contribution in [3.05, 3.63) is 17.0 Å². The molecule has 0 radical (unpaired) electrons. The van der Waals surface area contributed by atoms with Crippen LogP contribution in [-0.4, -0.2) is 42.3 Å². The molecule has 2 N–H and O–H groups in total. The summed E-state index contributed by atoms with van der Waals surface area (Å²) in [5.74, 6) is 1.89. The van der Waals surface area contributed by atoms with Crippen molar-refractivity contribution in [2.75, 3.05) is 18.6 Å². The van der Waals surface area contributed by atoms with Crippen LogP contribution >= 0.6 is 35.3 Å². The zero-order valence-corrected chi connectivity index (χ0v) is 13.1. The van der Waals surface area contributed by atoms with Crippen molar-refractivity contribution < 1.29 is 8.42 Å². The van der Waals surface area contributed by atoms with Gasteiger partial charge in [-0.1, -0.05) is 12.2 Å². The van der Waals surface area contributed by atoms with Crippen LogP contribution in [0.2, 0.25) is 0 Å². The third-order valence-corrected chi connectivity index (χ3v) is 7.87. The van der Waals surface area contributed by atoms with E-state index in [1.165, 1.54) is 4.31 Å². The summed E-state index contributed by atoms with van der Waals surface area (Å²) < 4.78 is 26.6. The Bertz CT molecular complexity index is 546. The molecule has 1 aliphatic rings. The van der Waals surface area contributed by atoms with E-state index in [0.717, 1.165) is 29.3 Å². The Morgan fingerprint density at radius 1 is 1.56 bits per heavy atom. The highest BCUT2D eigenvalue weighted by Gasteiger charge is 2.31. The fourth-order valence-electron chi connectivity index (χ4n) is 1.74. The van der Waals surface area contributed by atoms with Crippen molar-refractivity contribution in [2.24, 2.45) is 5.73 Å². The fourth-order valence-corrected chi connectivity index (χ4v) is 6.02. The number of nitrogens with two attached hydrogens (primary N) is 1. The van der Waals surface area contributed by atoms with Gasteiger partial charge in [0.25, 0.3) is 10.0 Å². The van der Waals surface area contributed by atoms with E-state index in [1.807, 2.05) is 0 Å². The van der Waals surface area contributed by atoms with Crippen LogP contribution in [0.15, 0.2) is 16.3 Å². The largest absolute Gasteiger partial charge is 0.389 e. The van der Waals surface area contributed by atoms with Gasteiger partial charge >= 0.3 is 0 Å². The van der Waals surface area contributed by atoms with Crippen molar-refractivity contribution in [1.29, 1.82) is 0 Å². The number of hydrogen-bond acceptors (Lipinski definition) is 5. The average Bonchev–Trinajstić information content (AvgIpc) is 2.99. The standard InChI is InChI=1S/C10H14N2O2S4/c1-12(7-4-5-16-6-7)18(13,14)9-3-2-8(17-9)10(11)15/h2-3,7H,4-6H2,1H3,(H2,11,15). The second-order valence-electron chi connectivity index (χ2n) is 4.02. The van der Waals surface area contributed by atoms with Gasteiger partial charge in [-0.05, 0) is 24.3 Å². The lowest BCUT2D eigenvalue weighted by Gasteiger charge is -2.22. The lowest BCUT2D eigenvalue weighted by molar-refractivity contribution is 0.396. The van der Waals surface area contributed by atoms with E-state index in [4.69, 9.17) is 18.0 Å². The lowest BCUT2D eigenvalue weighted by Crippen LogP contribution is -2.36. The molecule has 2 rings (SSSR count). The van der Waals surface area contributed by atoms with Gasteiger partial charge in [0.15, 0.2) is 0 Å². The molecule has 100 valence electrons. The predicted octanol–water partition coefficient (Wildman–Crippen LogP) is 1.51. The third kappa shape index (κ3) is 2.72. The van der Waals surface area contributed by atoms with Gasteiger partial charge in [0.2, 0.25) is 0 Å². The van der Waals surface area contributed by atoms with Gasteiger partial charge in [-0.2, -0.15) is 16.1 Å². The van der Waals surface area contributed by atoms with E-state index in [-0.39, 0.29) is 11.0 Å². The molecule has 1 fully saturated rings. The van der Waals surface area contributed by atoms with Crippen LogP contribution < -0.4 is 5.73 Å². The molecule has 1 aromatic rings. The SMILES string of the molecule is CN(C1CCSC1)S(=O)(=O)c1ccc(C(N)=S)s1. The van der Waals surface area contributed by atoms with Crippen LogP contribution in [0.25, 0.3) is 0 Å². The molecule has 0 saturated carbocycles. The summed E-state index contributed by atoms with van der Waals surface area (Å²) in [6.45, 7) is 0. The van der Waals surface area contributed by atoms with Crippen molar-refractivity contribution >= 4 is 50.3 Å². The Hall–Kier alpha value is -0.150. The molecule has 18 heavy (non-hydrogen) atoms. The van der Waals surface area contributed by atoms with Crippen LogP contribution in [0, 0.1) is 0 Å². The van der Waals surface area contributed by atoms with Crippen LogP contribution in [0.1, 0.15) is 11.3 Å². The average molecular weight is 323 g/mol. The Labute approximate surface area is 121 Å². The number of nitrogens with zero attached hydrogens (tertiary/aromatic N) is 1. The van der Waals surface area contributed by atoms with Gasteiger partial charge in [-0.15, -0.1) is 11.3 Å². The summed E-state index contributed by atoms with van der Waals surface area (Å²) >= 11 is 7.77. The maximum Gasteiger partial charge on any atom is 0.252 e. The molecule has 1 saturated heterocycles. The molecule has 1 unspecified atom stereocenters. The second-order valence-corrected chi connectivity index (χ2v) is 8.92. The molecular weight excluding hydrogens is 308 g/mol. The minimum atomic E-state index is -3.41. The number of thiocarbonyl (C=S) groups is 1. The number of rotatable bonds is 4. The van der Waals surface area contributed by atoms with E-state index in [0.29, 0.717) is 9.09 Å². The van der Waals surface area contributed by atoms with Crippen molar-refractivity contribution in [1.82, 2.24) is 4.31 Å². The maximum atomic E-state index is 12.4. The first-order valence-electron chi connectivity index (χ1n) is 5.38. The highest BCUT2D eigenvalue weighted by atomic mass is 32.2. The van der Waals surface area contributed by atoms with Crippen LogP contribution in [0.5, 0.6) is 0 Å².